The largest absolute Gasteiger partial charge is 0.472 e. The van der Waals surface area contributed by atoms with E-state index in [1.807, 2.05) is 21.1 Å². The van der Waals surface area contributed by atoms with Crippen molar-refractivity contribution in [2.75, 3.05) is 47.5 Å². The van der Waals surface area contributed by atoms with Crippen molar-refractivity contribution in [3.63, 3.8) is 0 Å². The van der Waals surface area contributed by atoms with Gasteiger partial charge in [-0.1, -0.05) is 117 Å². The first-order valence-electron chi connectivity index (χ1n) is 14.6. The van der Waals surface area contributed by atoms with Crippen molar-refractivity contribution < 1.29 is 32.8 Å². The molecule has 0 radical (unpaired) electrons. The summed E-state index contributed by atoms with van der Waals surface area (Å²) in [5, 5.41) is 10.4. The molecule has 2 unspecified atom stereocenters. The number of hydrogen-bond donors (Lipinski definition) is 2. The van der Waals surface area contributed by atoms with Gasteiger partial charge in [-0.3, -0.25) is 9.05 Å². The summed E-state index contributed by atoms with van der Waals surface area (Å²) >= 11 is 0. The van der Waals surface area contributed by atoms with Gasteiger partial charge < -0.3 is 19.2 Å². The van der Waals surface area contributed by atoms with Crippen molar-refractivity contribution in [2.45, 2.75) is 130 Å². The first-order valence-corrected chi connectivity index (χ1v) is 16.1. The Balaban J connectivity index is 3.66. The molecule has 0 rings (SSSR count). The third kappa shape index (κ3) is 23.1. The van der Waals surface area contributed by atoms with Crippen LogP contribution in [0, 0.1) is 5.41 Å². The van der Waals surface area contributed by atoms with Gasteiger partial charge in [0.1, 0.15) is 13.2 Å². The maximum Gasteiger partial charge on any atom is 0.472 e. The molecule has 36 heavy (non-hydrogen) atoms. The summed E-state index contributed by atoms with van der Waals surface area (Å²) in [6.45, 7) is 6.81. The third-order valence-electron chi connectivity index (χ3n) is 6.56. The van der Waals surface area contributed by atoms with Crippen LogP contribution in [0.25, 0.3) is 0 Å². The lowest BCUT2D eigenvalue weighted by molar-refractivity contribution is -0.870. The molecule has 0 saturated carbocycles. The molecule has 0 bridgehead atoms. The SMILES string of the molecule is CCCCCCCCCCCCCCCCCCOC(O)C(C)(C)COP(=O)(O)OCC[N+](C)(C)C. The molecule has 0 aliphatic carbocycles. The molecule has 0 aliphatic heterocycles. The number of aliphatic hydroxyl groups is 1. The molecule has 8 heteroatoms. The molecule has 0 spiro atoms. The number of unbranched alkanes of at least 4 members (excludes halogenated alkanes) is 15. The van der Waals surface area contributed by atoms with Crippen LogP contribution in [0.3, 0.4) is 0 Å². The topological polar surface area (TPSA) is 85.2 Å². The highest BCUT2D eigenvalue weighted by Crippen LogP contribution is 2.45. The molecule has 0 fully saturated rings. The van der Waals surface area contributed by atoms with E-state index in [9.17, 15) is 14.6 Å². The van der Waals surface area contributed by atoms with Gasteiger partial charge in [-0.25, -0.2) is 4.57 Å². The first-order chi connectivity index (χ1) is 16.9. The molecule has 0 aliphatic rings. The van der Waals surface area contributed by atoms with Crippen LogP contribution in [0.15, 0.2) is 0 Å². The fourth-order valence-corrected chi connectivity index (χ4v) is 4.74. The lowest BCUT2D eigenvalue weighted by Crippen LogP contribution is -2.37. The zero-order chi connectivity index (χ0) is 27.3. The zero-order valence-corrected chi connectivity index (χ0v) is 25.5. The summed E-state index contributed by atoms with van der Waals surface area (Å²) in [5.41, 5.74) is -0.823. The molecule has 7 nitrogen and oxygen atoms in total. The highest BCUT2D eigenvalue weighted by molar-refractivity contribution is 7.47. The van der Waals surface area contributed by atoms with Crippen LogP contribution in [-0.4, -0.2) is 68.3 Å². The zero-order valence-electron chi connectivity index (χ0n) is 24.6. The van der Waals surface area contributed by atoms with E-state index in [0.29, 0.717) is 17.6 Å². The second-order valence-corrected chi connectivity index (χ2v) is 13.6. The normalized spacial score (nSPS) is 15.2. The number of ether oxygens (including phenoxy) is 1. The lowest BCUT2D eigenvalue weighted by atomic mass is 9.94. The van der Waals surface area contributed by atoms with Crippen LogP contribution < -0.4 is 0 Å². The van der Waals surface area contributed by atoms with Crippen molar-refractivity contribution in [3.05, 3.63) is 0 Å². The summed E-state index contributed by atoms with van der Waals surface area (Å²) < 4.78 is 28.4. The Morgan fingerprint density at radius 1 is 0.722 bits per heavy atom. The molecule has 0 amide bonds. The van der Waals surface area contributed by atoms with Crippen LogP contribution in [0.5, 0.6) is 0 Å². The summed E-state index contributed by atoms with van der Waals surface area (Å²) in [5.74, 6) is 0. The lowest BCUT2D eigenvalue weighted by Gasteiger charge is -2.30. The standard InChI is InChI=1S/C28H60NO6P/c1-7-8-9-10-11-12-13-14-15-16-17-18-19-20-21-22-24-33-27(30)28(2,3)26-35-36(31,32)34-25-23-29(4,5)6/h27,30H,7-26H2,1-6H3/p+1. The molecule has 0 aromatic rings. The van der Waals surface area contributed by atoms with E-state index >= 15 is 0 Å². The van der Waals surface area contributed by atoms with E-state index in [2.05, 4.69) is 6.92 Å². The first kappa shape index (κ1) is 36.0. The van der Waals surface area contributed by atoms with Crippen LogP contribution in [0.1, 0.15) is 124 Å². The van der Waals surface area contributed by atoms with Crippen molar-refractivity contribution in [1.29, 1.82) is 0 Å². The second-order valence-electron chi connectivity index (χ2n) is 12.1. The van der Waals surface area contributed by atoms with Gasteiger partial charge in [-0.2, -0.15) is 0 Å². The smallest absolute Gasteiger partial charge is 0.367 e. The fraction of sp³-hybridized carbons (Fsp3) is 1.00. The van der Waals surface area contributed by atoms with E-state index < -0.39 is 19.5 Å². The number of likely N-dealkylation sites (N-methyl/N-ethyl adjacent to an activating group) is 1. The number of hydrogen-bond acceptors (Lipinski definition) is 5. The Bertz CT molecular complexity index is 553. The Morgan fingerprint density at radius 3 is 1.56 bits per heavy atom. The molecule has 218 valence electrons. The van der Waals surface area contributed by atoms with Crippen LogP contribution in [0.2, 0.25) is 0 Å². The monoisotopic (exact) mass is 538 g/mol. The Labute approximate surface area is 223 Å². The van der Waals surface area contributed by atoms with E-state index in [4.69, 9.17) is 13.8 Å². The van der Waals surface area contributed by atoms with Gasteiger partial charge >= 0.3 is 7.82 Å². The average Bonchev–Trinajstić information content (AvgIpc) is 2.78. The Hall–Kier alpha value is -0.0100. The number of phosphoric ester groups is 1. The van der Waals surface area contributed by atoms with Crippen LogP contribution in [-0.2, 0) is 18.3 Å². The summed E-state index contributed by atoms with van der Waals surface area (Å²) in [7, 11) is 1.77. The molecule has 0 heterocycles. The van der Waals surface area contributed by atoms with Crippen molar-refractivity contribution >= 4 is 7.82 Å². The number of quaternary nitrogens is 1. The van der Waals surface area contributed by atoms with Crippen LogP contribution in [0.4, 0.5) is 0 Å². The predicted molar refractivity (Wildman–Crippen MR) is 150 cm³/mol. The van der Waals surface area contributed by atoms with Gasteiger partial charge in [0.05, 0.1) is 27.7 Å². The minimum atomic E-state index is -4.16. The number of rotatable bonds is 26. The number of aliphatic hydroxyl groups excluding tert-OH is 1. The number of phosphoric acid groups is 1. The highest BCUT2D eigenvalue weighted by atomic mass is 31.2. The summed E-state index contributed by atoms with van der Waals surface area (Å²) in [4.78, 5) is 9.87. The average molecular weight is 539 g/mol. The molecule has 0 saturated heterocycles. The highest BCUT2D eigenvalue weighted by Gasteiger charge is 2.33. The van der Waals surface area contributed by atoms with Gasteiger partial charge in [0.2, 0.25) is 0 Å². The minimum absolute atomic E-state index is 0.121. The third-order valence-corrected chi connectivity index (χ3v) is 7.52. The van der Waals surface area contributed by atoms with E-state index in [1.54, 1.807) is 13.8 Å². The van der Waals surface area contributed by atoms with Crippen LogP contribution >= 0.6 is 7.82 Å². The van der Waals surface area contributed by atoms with Gasteiger partial charge in [0, 0.05) is 12.0 Å². The quantitative estimate of drug-likeness (QED) is 0.0515. The predicted octanol–water partition coefficient (Wildman–Crippen LogP) is 7.45. The second kappa shape index (κ2) is 20.9. The van der Waals surface area contributed by atoms with Crippen molar-refractivity contribution in [2.24, 2.45) is 5.41 Å². The maximum absolute atomic E-state index is 12.1. The van der Waals surface area contributed by atoms with Gasteiger partial charge in [0.15, 0.2) is 6.29 Å². The molecular weight excluding hydrogens is 477 g/mol. The van der Waals surface area contributed by atoms with E-state index in [-0.39, 0.29) is 13.2 Å². The van der Waals surface area contributed by atoms with Crippen molar-refractivity contribution in [3.8, 4) is 0 Å². The summed E-state index contributed by atoms with van der Waals surface area (Å²) in [6.07, 6.45) is 20.0. The molecular formula is C28H61NO6P+. The molecule has 0 aromatic carbocycles. The van der Waals surface area contributed by atoms with Gasteiger partial charge in [-0.15, -0.1) is 0 Å². The number of nitrogens with zero attached hydrogens (tertiary/aromatic N) is 1. The van der Waals surface area contributed by atoms with E-state index in [0.717, 1.165) is 12.8 Å². The molecule has 0 aromatic heterocycles. The fourth-order valence-electron chi connectivity index (χ4n) is 3.86. The minimum Gasteiger partial charge on any atom is -0.367 e. The van der Waals surface area contributed by atoms with E-state index in [1.165, 1.54) is 89.9 Å². The molecule has 2 N–H and O–H groups in total. The molecule has 2 atom stereocenters. The maximum atomic E-state index is 12.1. The van der Waals surface area contributed by atoms with Gasteiger partial charge in [-0.05, 0) is 6.42 Å². The Morgan fingerprint density at radius 2 is 1.14 bits per heavy atom. The summed E-state index contributed by atoms with van der Waals surface area (Å²) in [6, 6.07) is 0. The van der Waals surface area contributed by atoms with Gasteiger partial charge in [0.25, 0.3) is 0 Å². The Kier molecular flexibility index (Phi) is 20.9. The van der Waals surface area contributed by atoms with Crippen molar-refractivity contribution in [1.82, 2.24) is 0 Å².